The van der Waals surface area contributed by atoms with Gasteiger partial charge in [-0.05, 0) is 26.0 Å². The van der Waals surface area contributed by atoms with Crippen LogP contribution in [-0.2, 0) is 6.18 Å². The molecule has 0 fully saturated rings. The van der Waals surface area contributed by atoms with Crippen LogP contribution >= 0.6 is 0 Å². The first kappa shape index (κ1) is 13.6. The highest BCUT2D eigenvalue weighted by atomic mass is 19.4. The molecular formula is C11H9F5O. The van der Waals surface area contributed by atoms with E-state index in [2.05, 4.69) is 0 Å². The summed E-state index contributed by atoms with van der Waals surface area (Å²) >= 11 is 0. The summed E-state index contributed by atoms with van der Waals surface area (Å²) in [6.07, 6.45) is -7.94. The van der Waals surface area contributed by atoms with Gasteiger partial charge in [-0.3, -0.25) is 4.79 Å². The number of hydrogen-bond donors (Lipinski definition) is 0. The molecule has 0 unspecified atom stereocenters. The van der Waals surface area contributed by atoms with Gasteiger partial charge in [-0.2, -0.15) is 13.2 Å². The number of aryl methyl sites for hydroxylation is 1. The molecule has 1 rings (SSSR count). The summed E-state index contributed by atoms with van der Waals surface area (Å²) in [5.74, 6) is -1.02. The normalized spacial score (nSPS) is 12.0. The number of hydrogen-bond acceptors (Lipinski definition) is 1. The Bertz CT molecular complexity index is 448. The van der Waals surface area contributed by atoms with Crippen molar-refractivity contribution < 1.29 is 26.7 Å². The summed E-state index contributed by atoms with van der Waals surface area (Å²) in [4.78, 5) is 11.1. The van der Waals surface area contributed by atoms with Gasteiger partial charge in [0.25, 0.3) is 6.43 Å². The van der Waals surface area contributed by atoms with Crippen LogP contribution in [0.1, 0.15) is 40.4 Å². The summed E-state index contributed by atoms with van der Waals surface area (Å²) in [6.45, 7) is 2.11. The fraction of sp³-hybridized carbons (Fsp3) is 0.364. The van der Waals surface area contributed by atoms with Crippen LogP contribution < -0.4 is 0 Å². The van der Waals surface area contributed by atoms with Crippen LogP contribution in [0.5, 0.6) is 0 Å². The number of benzene rings is 1. The third kappa shape index (κ3) is 2.81. The van der Waals surface area contributed by atoms with Crippen molar-refractivity contribution in [3.8, 4) is 0 Å². The zero-order valence-corrected chi connectivity index (χ0v) is 9.03. The minimum atomic E-state index is -4.82. The summed E-state index contributed by atoms with van der Waals surface area (Å²) in [7, 11) is 0. The van der Waals surface area contributed by atoms with E-state index >= 15 is 0 Å². The smallest absolute Gasteiger partial charge is 0.294 e. The number of rotatable bonds is 2. The third-order valence-corrected chi connectivity index (χ3v) is 2.21. The van der Waals surface area contributed by atoms with Gasteiger partial charge in [-0.15, -0.1) is 0 Å². The molecule has 6 heteroatoms. The lowest BCUT2D eigenvalue weighted by Gasteiger charge is -2.15. The van der Waals surface area contributed by atoms with Crippen LogP contribution in [0, 0.1) is 6.92 Å². The largest absolute Gasteiger partial charge is 0.417 e. The molecule has 0 aliphatic carbocycles. The highest BCUT2D eigenvalue weighted by Gasteiger charge is 2.37. The Morgan fingerprint density at radius 3 is 2.12 bits per heavy atom. The Kier molecular flexibility index (Phi) is 3.54. The van der Waals surface area contributed by atoms with Gasteiger partial charge in [0.2, 0.25) is 0 Å². The molecule has 0 aromatic heterocycles. The maximum Gasteiger partial charge on any atom is 0.417 e. The van der Waals surface area contributed by atoms with Crippen LogP contribution in [0.3, 0.4) is 0 Å². The topological polar surface area (TPSA) is 17.1 Å². The molecule has 94 valence electrons. The van der Waals surface area contributed by atoms with Crippen molar-refractivity contribution in [2.45, 2.75) is 26.4 Å². The van der Waals surface area contributed by atoms with Crippen LogP contribution in [0.25, 0.3) is 0 Å². The lowest BCUT2D eigenvalue weighted by atomic mass is 9.95. The molecule has 0 aliphatic heterocycles. The molecule has 0 N–H and O–H groups in total. The Morgan fingerprint density at radius 2 is 1.76 bits per heavy atom. The molecule has 17 heavy (non-hydrogen) atoms. The first-order valence-electron chi connectivity index (χ1n) is 4.65. The minimum absolute atomic E-state index is 0.0395. The average Bonchev–Trinajstić information content (AvgIpc) is 2.14. The second-order valence-electron chi connectivity index (χ2n) is 3.63. The van der Waals surface area contributed by atoms with E-state index < -0.39 is 35.1 Å². The van der Waals surface area contributed by atoms with Gasteiger partial charge in [0.15, 0.2) is 5.78 Å². The fourth-order valence-corrected chi connectivity index (χ4v) is 1.60. The molecule has 0 amide bonds. The molecule has 1 aromatic rings. The van der Waals surface area contributed by atoms with Crippen LogP contribution in [-0.4, -0.2) is 5.78 Å². The number of Topliss-reactive ketones (excluding diaryl/α,β-unsaturated/α-hetero) is 1. The first-order chi connectivity index (χ1) is 7.64. The molecule has 0 bridgehead atoms. The Labute approximate surface area is 94.2 Å². The average molecular weight is 252 g/mol. The van der Waals surface area contributed by atoms with E-state index in [1.807, 2.05) is 0 Å². The van der Waals surface area contributed by atoms with E-state index in [1.165, 1.54) is 6.92 Å². The quantitative estimate of drug-likeness (QED) is 0.570. The Hall–Kier alpha value is -1.46. The molecule has 0 atom stereocenters. The summed E-state index contributed by atoms with van der Waals surface area (Å²) < 4.78 is 63.1. The van der Waals surface area contributed by atoms with Gasteiger partial charge in [-0.1, -0.05) is 5.56 Å². The summed E-state index contributed by atoms with van der Waals surface area (Å²) in [5.41, 5.74) is -3.08. The van der Waals surface area contributed by atoms with Crippen molar-refractivity contribution in [1.29, 1.82) is 0 Å². The second kappa shape index (κ2) is 4.43. The monoisotopic (exact) mass is 252 g/mol. The zero-order chi connectivity index (χ0) is 13.4. The molecule has 0 heterocycles. The third-order valence-electron chi connectivity index (χ3n) is 2.21. The molecule has 0 aliphatic rings. The van der Waals surface area contributed by atoms with Crippen molar-refractivity contribution in [3.05, 3.63) is 34.4 Å². The number of halogens is 5. The molecule has 0 radical (unpaired) electrons. The van der Waals surface area contributed by atoms with Gasteiger partial charge in [0, 0.05) is 11.1 Å². The lowest BCUT2D eigenvalue weighted by molar-refractivity contribution is -0.138. The van der Waals surface area contributed by atoms with Gasteiger partial charge in [-0.25, -0.2) is 8.78 Å². The number of carbonyl (C=O) groups is 1. The zero-order valence-electron chi connectivity index (χ0n) is 9.03. The van der Waals surface area contributed by atoms with E-state index in [4.69, 9.17) is 0 Å². The van der Waals surface area contributed by atoms with Crippen LogP contribution in [0.4, 0.5) is 22.0 Å². The van der Waals surface area contributed by atoms with E-state index in [0.717, 1.165) is 13.0 Å². The highest BCUT2D eigenvalue weighted by molar-refractivity contribution is 5.97. The lowest BCUT2D eigenvalue weighted by Crippen LogP contribution is -2.15. The molecule has 0 saturated carbocycles. The van der Waals surface area contributed by atoms with Crippen molar-refractivity contribution >= 4 is 5.78 Å². The maximum atomic E-state index is 12.6. The standard InChI is InChI=1S/C11H9F5O/c1-5-3-7(10(12)13)9(6(2)17)8(4-5)11(14,15)16/h3-4,10H,1-2H3. The number of ketones is 1. The fourth-order valence-electron chi connectivity index (χ4n) is 1.60. The van der Waals surface area contributed by atoms with Gasteiger partial charge >= 0.3 is 6.18 Å². The van der Waals surface area contributed by atoms with Gasteiger partial charge in [0.05, 0.1) is 5.56 Å². The van der Waals surface area contributed by atoms with E-state index in [-0.39, 0.29) is 5.56 Å². The maximum absolute atomic E-state index is 12.6. The highest BCUT2D eigenvalue weighted by Crippen LogP contribution is 2.37. The Balaban J connectivity index is 3.64. The van der Waals surface area contributed by atoms with Crippen molar-refractivity contribution in [2.24, 2.45) is 0 Å². The minimum Gasteiger partial charge on any atom is -0.294 e. The SMILES string of the molecule is CC(=O)c1c(C(F)F)cc(C)cc1C(F)(F)F. The van der Waals surface area contributed by atoms with Crippen molar-refractivity contribution in [3.63, 3.8) is 0 Å². The van der Waals surface area contributed by atoms with E-state index in [0.29, 0.717) is 6.07 Å². The van der Waals surface area contributed by atoms with Crippen LogP contribution in [0.15, 0.2) is 12.1 Å². The van der Waals surface area contributed by atoms with Gasteiger partial charge < -0.3 is 0 Å². The van der Waals surface area contributed by atoms with E-state index in [1.54, 1.807) is 0 Å². The van der Waals surface area contributed by atoms with Crippen molar-refractivity contribution in [1.82, 2.24) is 0 Å². The predicted molar refractivity (Wildman–Crippen MR) is 51.1 cm³/mol. The van der Waals surface area contributed by atoms with E-state index in [9.17, 15) is 26.7 Å². The molecule has 0 saturated heterocycles. The van der Waals surface area contributed by atoms with Gasteiger partial charge in [0.1, 0.15) is 0 Å². The predicted octanol–water partition coefficient (Wildman–Crippen LogP) is 4.15. The summed E-state index contributed by atoms with van der Waals surface area (Å²) in [6, 6.07) is 1.60. The van der Waals surface area contributed by atoms with Crippen molar-refractivity contribution in [2.75, 3.05) is 0 Å². The molecule has 1 nitrogen and oxygen atoms in total. The molecule has 1 aromatic carbocycles. The summed E-state index contributed by atoms with van der Waals surface area (Å²) in [5, 5.41) is 0. The van der Waals surface area contributed by atoms with Crippen LogP contribution in [0.2, 0.25) is 0 Å². The number of alkyl halides is 5. The second-order valence-corrected chi connectivity index (χ2v) is 3.63. The Morgan fingerprint density at radius 1 is 1.24 bits per heavy atom. The molecule has 0 spiro atoms. The first-order valence-corrected chi connectivity index (χ1v) is 4.65. The number of carbonyl (C=O) groups excluding carboxylic acids is 1. The molecular weight excluding hydrogens is 243 g/mol.